The summed E-state index contributed by atoms with van der Waals surface area (Å²) in [6.07, 6.45) is 5.78. The lowest BCUT2D eigenvalue weighted by molar-refractivity contribution is -0.151. The van der Waals surface area contributed by atoms with Crippen LogP contribution in [0.1, 0.15) is 52.4 Å². The van der Waals surface area contributed by atoms with Crippen LogP contribution < -0.4 is 0 Å². The van der Waals surface area contributed by atoms with Gasteiger partial charge in [0.05, 0.1) is 11.5 Å². The number of carboxylic acids is 1. The van der Waals surface area contributed by atoms with E-state index in [1.54, 1.807) is 0 Å². The highest BCUT2D eigenvalue weighted by Crippen LogP contribution is 2.33. The summed E-state index contributed by atoms with van der Waals surface area (Å²) in [4.78, 5) is 11.2. The highest BCUT2D eigenvalue weighted by Gasteiger charge is 2.35. The van der Waals surface area contributed by atoms with Crippen LogP contribution in [0.3, 0.4) is 0 Å². The summed E-state index contributed by atoms with van der Waals surface area (Å²) < 4.78 is 5.61. The van der Waals surface area contributed by atoms with Crippen molar-refractivity contribution in [2.24, 2.45) is 5.41 Å². The van der Waals surface area contributed by atoms with Crippen molar-refractivity contribution in [3.8, 4) is 0 Å². The van der Waals surface area contributed by atoms with Crippen LogP contribution in [0.15, 0.2) is 0 Å². The predicted octanol–water partition coefficient (Wildman–Crippen LogP) is 2.84. The zero-order valence-electron chi connectivity index (χ0n) is 9.79. The highest BCUT2D eigenvalue weighted by molar-refractivity contribution is 5.74. The van der Waals surface area contributed by atoms with Gasteiger partial charge in [-0.1, -0.05) is 13.3 Å². The molecule has 0 saturated carbocycles. The van der Waals surface area contributed by atoms with E-state index in [9.17, 15) is 9.90 Å². The zero-order valence-corrected chi connectivity index (χ0v) is 9.79. The Balaban J connectivity index is 2.52. The Morgan fingerprint density at radius 2 is 2.27 bits per heavy atom. The summed E-state index contributed by atoms with van der Waals surface area (Å²) >= 11 is 0. The van der Waals surface area contributed by atoms with Crippen LogP contribution in [-0.4, -0.2) is 23.8 Å². The average Bonchev–Trinajstić information content (AvgIpc) is 2.19. The summed E-state index contributed by atoms with van der Waals surface area (Å²) in [5.41, 5.74) is -0.600. The summed E-state index contributed by atoms with van der Waals surface area (Å²) in [6, 6.07) is 0. The molecular formula is C12H22O3. The van der Waals surface area contributed by atoms with E-state index in [0.29, 0.717) is 6.42 Å². The van der Waals surface area contributed by atoms with Gasteiger partial charge in [0.15, 0.2) is 0 Å². The molecule has 3 heteroatoms. The smallest absolute Gasteiger partial charge is 0.309 e. The predicted molar refractivity (Wildman–Crippen MR) is 58.9 cm³/mol. The molecular weight excluding hydrogens is 192 g/mol. The summed E-state index contributed by atoms with van der Waals surface area (Å²) in [7, 11) is 0. The molecule has 2 unspecified atom stereocenters. The number of carboxylic acid groups (broad SMARTS) is 1. The van der Waals surface area contributed by atoms with Gasteiger partial charge in [0.25, 0.3) is 0 Å². The monoisotopic (exact) mass is 214 g/mol. The maximum atomic E-state index is 11.2. The summed E-state index contributed by atoms with van der Waals surface area (Å²) in [5, 5.41) is 9.24. The zero-order chi connectivity index (χ0) is 11.3. The number of hydrogen-bond acceptors (Lipinski definition) is 2. The molecule has 1 saturated heterocycles. The maximum absolute atomic E-state index is 11.2. The number of rotatable bonds is 5. The fourth-order valence-electron chi connectivity index (χ4n) is 2.32. The van der Waals surface area contributed by atoms with Crippen molar-refractivity contribution in [2.75, 3.05) is 6.61 Å². The van der Waals surface area contributed by atoms with E-state index in [1.807, 2.05) is 13.8 Å². The van der Waals surface area contributed by atoms with Gasteiger partial charge in [0.1, 0.15) is 0 Å². The molecule has 1 aliphatic rings. The first-order valence-corrected chi connectivity index (χ1v) is 5.93. The van der Waals surface area contributed by atoms with Crippen molar-refractivity contribution < 1.29 is 14.6 Å². The van der Waals surface area contributed by atoms with Crippen molar-refractivity contribution in [1.82, 2.24) is 0 Å². The molecule has 0 spiro atoms. The average molecular weight is 214 g/mol. The van der Waals surface area contributed by atoms with E-state index in [1.165, 1.54) is 6.42 Å². The number of hydrogen-bond donors (Lipinski definition) is 1. The molecule has 88 valence electrons. The van der Waals surface area contributed by atoms with E-state index in [-0.39, 0.29) is 6.10 Å². The molecule has 0 aliphatic carbocycles. The lowest BCUT2D eigenvalue weighted by Gasteiger charge is -2.31. The van der Waals surface area contributed by atoms with Gasteiger partial charge in [-0.05, 0) is 39.0 Å². The van der Waals surface area contributed by atoms with E-state index < -0.39 is 11.4 Å². The van der Waals surface area contributed by atoms with Crippen LogP contribution in [0.2, 0.25) is 0 Å². The van der Waals surface area contributed by atoms with Gasteiger partial charge in [-0.25, -0.2) is 0 Å². The molecule has 1 fully saturated rings. The van der Waals surface area contributed by atoms with E-state index in [2.05, 4.69) is 0 Å². The Bertz CT molecular complexity index is 209. The Kier molecular flexibility index (Phi) is 4.58. The summed E-state index contributed by atoms with van der Waals surface area (Å²) in [6.45, 7) is 4.67. The molecule has 0 aromatic rings. The van der Waals surface area contributed by atoms with Crippen LogP contribution in [0.4, 0.5) is 0 Å². The lowest BCUT2D eigenvalue weighted by Crippen LogP contribution is -2.34. The second-order valence-corrected chi connectivity index (χ2v) is 4.81. The summed E-state index contributed by atoms with van der Waals surface area (Å²) in [5.74, 6) is -0.682. The van der Waals surface area contributed by atoms with Crippen LogP contribution in [0, 0.1) is 5.41 Å². The Morgan fingerprint density at radius 3 is 2.73 bits per heavy atom. The lowest BCUT2D eigenvalue weighted by atomic mass is 9.79. The Labute approximate surface area is 91.8 Å². The van der Waals surface area contributed by atoms with Crippen LogP contribution >= 0.6 is 0 Å². The molecule has 0 bridgehead atoms. The van der Waals surface area contributed by atoms with Gasteiger partial charge in [0, 0.05) is 6.61 Å². The Morgan fingerprint density at radius 1 is 1.53 bits per heavy atom. The molecule has 0 radical (unpaired) electrons. The van der Waals surface area contributed by atoms with Gasteiger partial charge in [-0.3, -0.25) is 4.79 Å². The van der Waals surface area contributed by atoms with Crippen LogP contribution in [-0.2, 0) is 9.53 Å². The second kappa shape index (κ2) is 5.50. The largest absolute Gasteiger partial charge is 0.481 e. The van der Waals surface area contributed by atoms with Crippen molar-refractivity contribution in [2.45, 2.75) is 58.5 Å². The number of ether oxygens (including phenoxy) is 1. The minimum Gasteiger partial charge on any atom is -0.481 e. The van der Waals surface area contributed by atoms with Crippen molar-refractivity contribution in [3.63, 3.8) is 0 Å². The molecule has 1 heterocycles. The topological polar surface area (TPSA) is 46.5 Å². The highest BCUT2D eigenvalue weighted by atomic mass is 16.5. The minimum absolute atomic E-state index is 0.159. The third-order valence-electron chi connectivity index (χ3n) is 3.27. The molecule has 1 aliphatic heterocycles. The number of carbonyl (C=O) groups is 1. The SMILES string of the molecule is CCCC(C)(CC1CCCCO1)C(=O)O. The first-order chi connectivity index (χ1) is 7.08. The molecule has 2 atom stereocenters. The maximum Gasteiger partial charge on any atom is 0.309 e. The van der Waals surface area contributed by atoms with Gasteiger partial charge in [-0.2, -0.15) is 0 Å². The van der Waals surface area contributed by atoms with E-state index >= 15 is 0 Å². The van der Waals surface area contributed by atoms with Crippen LogP contribution in [0.5, 0.6) is 0 Å². The molecule has 0 aromatic carbocycles. The first kappa shape index (κ1) is 12.5. The first-order valence-electron chi connectivity index (χ1n) is 5.93. The van der Waals surface area contributed by atoms with E-state index in [4.69, 9.17) is 4.74 Å². The third kappa shape index (κ3) is 3.49. The molecule has 1 rings (SSSR count). The molecule has 1 N–H and O–H groups in total. The fourth-order valence-corrected chi connectivity index (χ4v) is 2.32. The molecule has 3 nitrogen and oxygen atoms in total. The molecule has 15 heavy (non-hydrogen) atoms. The van der Waals surface area contributed by atoms with Crippen LogP contribution in [0.25, 0.3) is 0 Å². The minimum atomic E-state index is -0.682. The normalized spacial score (nSPS) is 25.9. The third-order valence-corrected chi connectivity index (χ3v) is 3.27. The van der Waals surface area contributed by atoms with Crippen molar-refractivity contribution >= 4 is 5.97 Å². The second-order valence-electron chi connectivity index (χ2n) is 4.81. The van der Waals surface area contributed by atoms with Crippen molar-refractivity contribution in [1.29, 1.82) is 0 Å². The quantitative estimate of drug-likeness (QED) is 0.765. The van der Waals surface area contributed by atoms with E-state index in [0.717, 1.165) is 32.3 Å². The van der Waals surface area contributed by atoms with Gasteiger partial charge in [0.2, 0.25) is 0 Å². The number of aliphatic carboxylic acids is 1. The van der Waals surface area contributed by atoms with Crippen molar-refractivity contribution in [3.05, 3.63) is 0 Å². The van der Waals surface area contributed by atoms with Gasteiger partial charge in [-0.15, -0.1) is 0 Å². The standard InChI is InChI=1S/C12H22O3/c1-3-7-12(2,11(13)14)9-10-6-4-5-8-15-10/h10H,3-9H2,1-2H3,(H,13,14). The van der Waals surface area contributed by atoms with Gasteiger partial charge >= 0.3 is 5.97 Å². The molecule has 0 aromatic heterocycles. The van der Waals surface area contributed by atoms with Gasteiger partial charge < -0.3 is 9.84 Å². The molecule has 0 amide bonds. The Hall–Kier alpha value is -0.570. The fraction of sp³-hybridized carbons (Fsp3) is 0.917.